The normalized spacial score (nSPS) is 20.0. The predicted molar refractivity (Wildman–Crippen MR) is 111 cm³/mol. The van der Waals surface area contributed by atoms with E-state index in [1.54, 1.807) is 0 Å². The van der Waals surface area contributed by atoms with Gasteiger partial charge in [0.15, 0.2) is 0 Å². The van der Waals surface area contributed by atoms with Crippen molar-refractivity contribution in [3.05, 3.63) is 96.6 Å². The van der Waals surface area contributed by atoms with Gasteiger partial charge in [-0.15, -0.1) is 0 Å². The second-order valence-electron chi connectivity index (χ2n) is 6.65. The van der Waals surface area contributed by atoms with Gasteiger partial charge in [-0.1, -0.05) is 66.7 Å². The van der Waals surface area contributed by atoms with E-state index in [2.05, 4.69) is 34.3 Å². The molecule has 0 amide bonds. The first-order valence-electron chi connectivity index (χ1n) is 9.20. The molecule has 4 nitrogen and oxygen atoms in total. The lowest BCUT2D eigenvalue weighted by molar-refractivity contribution is -0.170. The lowest BCUT2D eigenvalue weighted by Gasteiger charge is -2.37. The van der Waals surface area contributed by atoms with Crippen LogP contribution < -0.4 is 14.9 Å². The van der Waals surface area contributed by atoms with E-state index in [4.69, 9.17) is 0 Å². The summed E-state index contributed by atoms with van der Waals surface area (Å²) >= 11 is 0. The van der Waals surface area contributed by atoms with Crippen LogP contribution in [0.4, 0.5) is 11.4 Å². The van der Waals surface area contributed by atoms with Crippen LogP contribution in [0, 0.1) is 0 Å². The number of nitrogens with one attached hydrogen (secondary N) is 1. The standard InChI is InChI=1S/C22H23N3OP/c26-27-24(17-19-10-4-1-5-11-19)22(16-23-20-12-6-2-7-13-20)18-25(27)21-14-8-3-9-15-21/h1-15,22-23H,16-18H2/q-1/t22-,27?/m0/s1. The molecule has 1 unspecified atom stereocenters. The highest BCUT2D eigenvalue weighted by molar-refractivity contribution is 7.49. The average Bonchev–Trinajstić information content (AvgIpc) is 3.04. The SMILES string of the molecule is [O-]P1N(c2ccccc2)C[C@H](CNc2ccccc2)N1Cc1ccccc1. The fourth-order valence-electron chi connectivity index (χ4n) is 3.37. The van der Waals surface area contributed by atoms with Crippen LogP contribution in [0.3, 0.4) is 0 Å². The van der Waals surface area contributed by atoms with E-state index in [-0.39, 0.29) is 6.04 Å². The Morgan fingerprint density at radius 3 is 2.11 bits per heavy atom. The topological polar surface area (TPSA) is 41.6 Å². The van der Waals surface area contributed by atoms with E-state index in [1.807, 2.05) is 71.4 Å². The molecule has 0 saturated carbocycles. The third kappa shape index (κ3) is 4.30. The molecule has 1 aliphatic heterocycles. The third-order valence-electron chi connectivity index (χ3n) is 4.79. The molecular formula is C22H23N3OP-. The summed E-state index contributed by atoms with van der Waals surface area (Å²) in [6, 6.07) is 30.6. The van der Waals surface area contributed by atoms with Crippen LogP contribution in [0.5, 0.6) is 0 Å². The van der Waals surface area contributed by atoms with Crippen molar-refractivity contribution in [2.24, 2.45) is 0 Å². The zero-order chi connectivity index (χ0) is 18.5. The second-order valence-corrected chi connectivity index (χ2v) is 8.16. The highest BCUT2D eigenvalue weighted by atomic mass is 31.2. The van der Waals surface area contributed by atoms with Gasteiger partial charge in [0.05, 0.1) is 0 Å². The van der Waals surface area contributed by atoms with Gasteiger partial charge in [-0.2, -0.15) is 0 Å². The van der Waals surface area contributed by atoms with Crippen molar-refractivity contribution in [2.45, 2.75) is 12.6 Å². The van der Waals surface area contributed by atoms with Gasteiger partial charge in [-0.3, -0.25) is 4.67 Å². The van der Waals surface area contributed by atoms with Crippen molar-refractivity contribution in [3.8, 4) is 0 Å². The molecule has 138 valence electrons. The Morgan fingerprint density at radius 1 is 0.852 bits per heavy atom. The van der Waals surface area contributed by atoms with Gasteiger partial charge >= 0.3 is 0 Å². The Morgan fingerprint density at radius 2 is 1.44 bits per heavy atom. The first-order valence-corrected chi connectivity index (χ1v) is 10.4. The van der Waals surface area contributed by atoms with Crippen molar-refractivity contribution >= 4 is 19.8 Å². The molecule has 2 atom stereocenters. The molecule has 4 rings (SSSR count). The monoisotopic (exact) mass is 376 g/mol. The predicted octanol–water partition coefficient (Wildman–Crippen LogP) is 4.08. The van der Waals surface area contributed by atoms with Gasteiger partial charge < -0.3 is 14.9 Å². The van der Waals surface area contributed by atoms with E-state index >= 15 is 0 Å². The number of benzene rings is 3. The summed E-state index contributed by atoms with van der Waals surface area (Å²) in [4.78, 5) is 13.3. The minimum absolute atomic E-state index is 0.161. The van der Waals surface area contributed by atoms with Crippen molar-refractivity contribution in [3.63, 3.8) is 0 Å². The molecule has 0 aromatic heterocycles. The van der Waals surface area contributed by atoms with Crippen LogP contribution in [0.15, 0.2) is 91.0 Å². The molecule has 5 heteroatoms. The van der Waals surface area contributed by atoms with Crippen LogP contribution in [0.25, 0.3) is 0 Å². The molecule has 27 heavy (non-hydrogen) atoms. The summed E-state index contributed by atoms with van der Waals surface area (Å²) < 4.78 is 4.14. The molecule has 0 aliphatic carbocycles. The minimum atomic E-state index is -1.63. The Bertz CT molecular complexity index is 832. The molecule has 0 radical (unpaired) electrons. The van der Waals surface area contributed by atoms with E-state index in [1.165, 1.54) is 5.56 Å². The average molecular weight is 376 g/mol. The summed E-state index contributed by atoms with van der Waals surface area (Å²) in [5.74, 6) is 0. The van der Waals surface area contributed by atoms with Crippen molar-refractivity contribution < 1.29 is 4.89 Å². The summed E-state index contributed by atoms with van der Waals surface area (Å²) in [6.07, 6.45) is 0. The van der Waals surface area contributed by atoms with Crippen LogP contribution >= 0.6 is 8.45 Å². The Labute approximate surface area is 162 Å². The van der Waals surface area contributed by atoms with Gasteiger partial charge in [0, 0.05) is 37.1 Å². The highest BCUT2D eigenvalue weighted by Crippen LogP contribution is 2.47. The molecular weight excluding hydrogens is 353 g/mol. The Hall–Kier alpha value is -2.39. The highest BCUT2D eigenvalue weighted by Gasteiger charge is 2.33. The first-order chi connectivity index (χ1) is 13.3. The molecule has 1 aliphatic rings. The maximum Gasteiger partial charge on any atom is 0.0494 e. The number of nitrogens with zero attached hydrogens (tertiary/aromatic N) is 2. The molecule has 3 aromatic carbocycles. The number of para-hydroxylation sites is 2. The molecule has 1 fully saturated rings. The second kappa shape index (κ2) is 8.53. The fourth-order valence-corrected chi connectivity index (χ4v) is 5.02. The van der Waals surface area contributed by atoms with Gasteiger partial charge in [0.2, 0.25) is 0 Å². The molecule has 1 heterocycles. The van der Waals surface area contributed by atoms with Gasteiger partial charge in [-0.25, -0.2) is 0 Å². The number of anilines is 2. The van der Waals surface area contributed by atoms with Crippen molar-refractivity contribution in [1.29, 1.82) is 0 Å². The maximum absolute atomic E-state index is 13.3. The molecule has 3 aromatic rings. The zero-order valence-corrected chi connectivity index (χ0v) is 16.0. The lowest BCUT2D eigenvalue weighted by Crippen LogP contribution is -2.35. The first kappa shape index (κ1) is 18.0. The number of hydrogen-bond acceptors (Lipinski definition) is 4. The van der Waals surface area contributed by atoms with E-state index < -0.39 is 8.45 Å². The zero-order valence-electron chi connectivity index (χ0n) is 15.1. The summed E-state index contributed by atoms with van der Waals surface area (Å²) in [5.41, 5.74) is 3.28. The fraction of sp³-hybridized carbons (Fsp3) is 0.182. The van der Waals surface area contributed by atoms with Crippen LogP contribution in [-0.4, -0.2) is 23.8 Å². The summed E-state index contributed by atoms with van der Waals surface area (Å²) in [6.45, 7) is 2.17. The molecule has 0 bridgehead atoms. The lowest BCUT2D eigenvalue weighted by atomic mass is 10.2. The largest absolute Gasteiger partial charge is 0.801 e. The Balaban J connectivity index is 1.53. The van der Waals surface area contributed by atoms with Gasteiger partial charge in [0.25, 0.3) is 0 Å². The van der Waals surface area contributed by atoms with Crippen molar-refractivity contribution in [2.75, 3.05) is 23.1 Å². The van der Waals surface area contributed by atoms with Crippen LogP contribution in [0.2, 0.25) is 0 Å². The Kier molecular flexibility index (Phi) is 5.69. The van der Waals surface area contributed by atoms with Gasteiger partial charge in [-0.05, 0) is 38.3 Å². The minimum Gasteiger partial charge on any atom is -0.801 e. The maximum atomic E-state index is 13.3. The summed E-state index contributed by atoms with van der Waals surface area (Å²) in [7, 11) is -1.63. The van der Waals surface area contributed by atoms with Crippen LogP contribution in [0.1, 0.15) is 5.56 Å². The summed E-state index contributed by atoms with van der Waals surface area (Å²) in [5, 5.41) is 3.50. The molecule has 0 spiro atoms. The van der Waals surface area contributed by atoms with E-state index in [0.717, 1.165) is 24.5 Å². The quantitative estimate of drug-likeness (QED) is 0.659. The number of hydrogen-bond donors (Lipinski definition) is 1. The molecule has 1 N–H and O–H groups in total. The van der Waals surface area contributed by atoms with Crippen LogP contribution in [-0.2, 0) is 6.54 Å². The smallest absolute Gasteiger partial charge is 0.0494 e. The van der Waals surface area contributed by atoms with Gasteiger partial charge in [0.1, 0.15) is 0 Å². The van der Waals surface area contributed by atoms with E-state index in [0.29, 0.717) is 6.54 Å². The number of rotatable bonds is 6. The molecule has 1 saturated heterocycles. The van der Waals surface area contributed by atoms with Crippen molar-refractivity contribution in [1.82, 2.24) is 4.67 Å². The third-order valence-corrected chi connectivity index (χ3v) is 6.50. The van der Waals surface area contributed by atoms with E-state index in [9.17, 15) is 4.89 Å².